The second kappa shape index (κ2) is 13.5. The lowest BCUT2D eigenvalue weighted by Gasteiger charge is -2.41. The molecule has 0 spiro atoms. The Balaban J connectivity index is 1.67. The van der Waals surface area contributed by atoms with E-state index in [2.05, 4.69) is 13.4 Å². The minimum atomic E-state index is -5.68. The van der Waals surface area contributed by atoms with E-state index in [1.165, 1.54) is 0 Å². The zero-order chi connectivity index (χ0) is 31.6. The van der Waals surface area contributed by atoms with E-state index in [1.807, 2.05) is 4.98 Å². The number of H-pyrrole nitrogens is 1. The smallest absolute Gasteiger partial charge is 0.457 e. The van der Waals surface area contributed by atoms with Crippen LogP contribution in [0, 0.1) is 0 Å². The fraction of sp³-hybridized carbons (Fsp3) is 0.684. The van der Waals surface area contributed by atoms with Gasteiger partial charge in [0.25, 0.3) is 5.56 Å². The molecule has 21 nitrogen and oxygen atoms in total. The number of ether oxygens (including phenoxy) is 4. The molecule has 0 bridgehead atoms. The maximum absolute atomic E-state index is 12.4. The van der Waals surface area contributed by atoms with E-state index in [-0.39, 0.29) is 0 Å². The molecule has 238 valence electrons. The van der Waals surface area contributed by atoms with Crippen LogP contribution in [0.4, 0.5) is 0 Å². The van der Waals surface area contributed by atoms with Gasteiger partial charge in [0.1, 0.15) is 30.5 Å². The Morgan fingerprint density at radius 3 is 2.14 bits per heavy atom. The third kappa shape index (κ3) is 8.38. The summed E-state index contributed by atoms with van der Waals surface area (Å²) in [6.45, 7) is -0.0627. The van der Waals surface area contributed by atoms with E-state index < -0.39 is 107 Å². The van der Waals surface area contributed by atoms with Crippen LogP contribution >= 0.6 is 15.6 Å². The summed E-state index contributed by atoms with van der Waals surface area (Å²) >= 11 is 0. The highest BCUT2D eigenvalue weighted by Gasteiger charge is 2.51. The van der Waals surface area contributed by atoms with Gasteiger partial charge in [-0.1, -0.05) is 0 Å². The van der Waals surface area contributed by atoms with Crippen molar-refractivity contribution in [1.29, 1.82) is 0 Å². The van der Waals surface area contributed by atoms with Gasteiger partial charge in [0.15, 0.2) is 24.7 Å². The zero-order valence-electron chi connectivity index (χ0n) is 21.6. The van der Waals surface area contributed by atoms with Gasteiger partial charge in [0.2, 0.25) is 0 Å². The third-order valence-electron chi connectivity index (χ3n) is 5.71. The van der Waals surface area contributed by atoms with Crippen LogP contribution in [0.15, 0.2) is 21.9 Å². The van der Waals surface area contributed by atoms with E-state index in [4.69, 9.17) is 18.9 Å². The van der Waals surface area contributed by atoms with Crippen LogP contribution in [0.1, 0.15) is 20.1 Å². The number of aromatic nitrogens is 2. The topological polar surface area (TPSA) is 309 Å². The van der Waals surface area contributed by atoms with Gasteiger partial charge >= 0.3 is 33.3 Å². The average Bonchev–Trinajstić information content (AvgIpc) is 3.16. The van der Waals surface area contributed by atoms with Gasteiger partial charge < -0.3 is 49.2 Å². The van der Waals surface area contributed by atoms with Gasteiger partial charge in [-0.15, -0.1) is 0 Å². The SMILES string of the molecule is CC(=O)O[C@@H]1[C@H](O)[C@@H](COP(=O)(O)OP(=O)(O)O[C@H]2O[C@H](CO)[C@@H](OC(C)=O)[C@H](O)[C@H]2O)O[C@H]1n1ccc(=O)[nH]c1=O. The predicted octanol–water partition coefficient (Wildman–Crippen LogP) is -3.65. The molecule has 23 heteroatoms. The second-order valence-corrected chi connectivity index (χ2v) is 11.8. The van der Waals surface area contributed by atoms with Gasteiger partial charge in [-0.3, -0.25) is 33.0 Å². The highest BCUT2D eigenvalue weighted by molar-refractivity contribution is 7.61. The van der Waals surface area contributed by atoms with Crippen molar-refractivity contribution in [2.45, 2.75) is 69.1 Å². The maximum atomic E-state index is 12.4. The fourth-order valence-electron chi connectivity index (χ4n) is 3.98. The molecule has 0 aromatic carbocycles. The molecule has 0 radical (unpaired) electrons. The Labute approximate surface area is 234 Å². The van der Waals surface area contributed by atoms with Gasteiger partial charge in [0.05, 0.1) is 13.2 Å². The molecule has 3 rings (SSSR count). The minimum absolute atomic E-state index is 0.749. The van der Waals surface area contributed by atoms with E-state index in [0.29, 0.717) is 0 Å². The number of carbonyl (C=O) groups excluding carboxylic acids is 2. The molecular weight excluding hydrogens is 622 g/mol. The van der Waals surface area contributed by atoms with Crippen molar-refractivity contribution in [1.82, 2.24) is 9.55 Å². The van der Waals surface area contributed by atoms with Crippen LogP contribution in [0.5, 0.6) is 0 Å². The Bertz CT molecular complexity index is 1350. The molecular formula is C19H28N2O19P2. The Kier molecular flexibility index (Phi) is 11.0. The number of aliphatic hydroxyl groups excluding tert-OH is 4. The fourth-order valence-corrected chi connectivity index (χ4v) is 6.13. The first-order valence-corrected chi connectivity index (χ1v) is 14.8. The molecule has 2 unspecified atom stereocenters. The maximum Gasteiger partial charge on any atom is 0.483 e. The Hall–Kier alpha value is -2.36. The molecule has 0 aliphatic carbocycles. The number of aliphatic hydroxyl groups is 4. The lowest BCUT2D eigenvalue weighted by Crippen LogP contribution is -2.60. The molecule has 2 aliphatic rings. The highest BCUT2D eigenvalue weighted by Crippen LogP contribution is 2.61. The van der Waals surface area contributed by atoms with Gasteiger partial charge in [-0.2, -0.15) is 4.31 Å². The van der Waals surface area contributed by atoms with Crippen LogP contribution in [0.25, 0.3) is 0 Å². The van der Waals surface area contributed by atoms with Crippen LogP contribution in [-0.2, 0) is 51.0 Å². The largest absolute Gasteiger partial charge is 0.483 e. The summed E-state index contributed by atoms with van der Waals surface area (Å²) in [6, 6.07) is 0.922. The zero-order valence-corrected chi connectivity index (χ0v) is 23.4. The van der Waals surface area contributed by atoms with Gasteiger partial charge in [0, 0.05) is 26.1 Å². The molecule has 7 N–H and O–H groups in total. The molecule has 2 fully saturated rings. The van der Waals surface area contributed by atoms with E-state index in [1.54, 1.807) is 0 Å². The lowest BCUT2D eigenvalue weighted by molar-refractivity contribution is -0.283. The summed E-state index contributed by atoms with van der Waals surface area (Å²) in [5, 5.41) is 40.4. The average molecular weight is 650 g/mol. The van der Waals surface area contributed by atoms with Crippen LogP contribution in [0.2, 0.25) is 0 Å². The standard InChI is InChI=1S/C19H28N2O19P2/c1-7(23)35-15-9(5-22)38-18(14(28)13(15)27)39-42(32,33)40-41(30,31)34-6-10-12(26)16(36-8(2)24)17(37-10)21-4-3-11(25)20-19(21)29/h3-4,9-10,12-18,22,26-28H,5-6H2,1-2H3,(H,30,31)(H,32,33)(H,20,25,29)/t9-,10-,12-,13-,14-,15-,16-,17-,18-/m1/s1. The molecule has 1 aromatic heterocycles. The number of nitrogens with one attached hydrogen (secondary N) is 1. The van der Waals surface area contributed by atoms with Crippen molar-refractivity contribution in [3.05, 3.63) is 33.1 Å². The normalized spacial score (nSPS) is 34.2. The summed E-state index contributed by atoms with van der Waals surface area (Å²) in [7, 11) is -11.3. The minimum Gasteiger partial charge on any atom is -0.457 e. The van der Waals surface area contributed by atoms with Crippen molar-refractivity contribution in [2.75, 3.05) is 13.2 Å². The first kappa shape index (κ1) is 34.1. The number of esters is 2. The summed E-state index contributed by atoms with van der Waals surface area (Å²) in [6.07, 6.45) is -15.2. The summed E-state index contributed by atoms with van der Waals surface area (Å²) < 4.78 is 59.0. The molecule has 1 aromatic rings. The van der Waals surface area contributed by atoms with E-state index in [9.17, 15) is 58.5 Å². The molecule has 42 heavy (non-hydrogen) atoms. The van der Waals surface area contributed by atoms with Crippen LogP contribution in [0.3, 0.4) is 0 Å². The first-order chi connectivity index (χ1) is 19.4. The van der Waals surface area contributed by atoms with Gasteiger partial charge in [-0.25, -0.2) is 13.9 Å². The van der Waals surface area contributed by atoms with Crippen LogP contribution < -0.4 is 11.2 Å². The number of phosphoric acid groups is 2. The summed E-state index contributed by atoms with van der Waals surface area (Å²) in [4.78, 5) is 68.2. The molecule has 2 aliphatic heterocycles. The predicted molar refractivity (Wildman–Crippen MR) is 128 cm³/mol. The van der Waals surface area contributed by atoms with Crippen LogP contribution in [-0.4, -0.2) is 114 Å². The monoisotopic (exact) mass is 650 g/mol. The van der Waals surface area contributed by atoms with Crippen molar-refractivity contribution in [2.24, 2.45) is 0 Å². The molecule has 11 atom stereocenters. The molecule has 0 saturated carbocycles. The third-order valence-corrected chi connectivity index (χ3v) is 8.31. The number of hydrogen-bond donors (Lipinski definition) is 7. The van der Waals surface area contributed by atoms with Gasteiger partial charge in [-0.05, 0) is 0 Å². The Morgan fingerprint density at radius 1 is 0.952 bits per heavy atom. The number of rotatable bonds is 11. The quantitative estimate of drug-likeness (QED) is 0.0896. The molecule has 0 amide bonds. The lowest BCUT2D eigenvalue weighted by atomic mass is 9.99. The summed E-state index contributed by atoms with van der Waals surface area (Å²) in [5.74, 6) is -1.84. The first-order valence-electron chi connectivity index (χ1n) is 11.8. The highest BCUT2D eigenvalue weighted by atomic mass is 31.3. The van der Waals surface area contributed by atoms with E-state index >= 15 is 0 Å². The van der Waals surface area contributed by atoms with Crippen molar-refractivity contribution in [3.8, 4) is 0 Å². The van der Waals surface area contributed by atoms with E-state index in [0.717, 1.165) is 30.7 Å². The summed E-state index contributed by atoms with van der Waals surface area (Å²) in [5.41, 5.74) is -1.79. The van der Waals surface area contributed by atoms with Crippen molar-refractivity contribution in [3.63, 3.8) is 0 Å². The second-order valence-electron chi connectivity index (χ2n) is 8.85. The molecule has 2 saturated heterocycles. The number of phosphoric ester groups is 2. The number of nitrogens with zero attached hydrogens (tertiary/aromatic N) is 1. The Morgan fingerprint density at radius 2 is 1.57 bits per heavy atom. The van der Waals surface area contributed by atoms with Crippen molar-refractivity contribution >= 4 is 27.6 Å². The number of aromatic amines is 1. The van der Waals surface area contributed by atoms with Crippen molar-refractivity contribution < 1.29 is 81.2 Å². The molecule has 3 heterocycles. The number of hydrogen-bond acceptors (Lipinski definition) is 17. The number of carbonyl (C=O) groups is 2.